The van der Waals surface area contributed by atoms with Gasteiger partial charge in [0.05, 0.1) is 21.7 Å². The molecule has 0 radical (unpaired) electrons. The van der Waals surface area contributed by atoms with Crippen LogP contribution in [0.4, 0.5) is 11.4 Å². The molecule has 2 amide bonds. The van der Waals surface area contributed by atoms with Crippen LogP contribution in [-0.2, 0) is 15.3 Å². The van der Waals surface area contributed by atoms with Crippen LogP contribution in [0, 0.1) is 19.8 Å². The fraction of sp³-hybridized carbons (Fsp3) is 0.346. The van der Waals surface area contributed by atoms with E-state index in [4.69, 9.17) is 11.6 Å². The van der Waals surface area contributed by atoms with Gasteiger partial charge in [0.2, 0.25) is 11.8 Å². The maximum Gasteiger partial charge on any atom is 0.248 e. The molecule has 0 spiro atoms. The van der Waals surface area contributed by atoms with Gasteiger partial charge in [-0.25, -0.2) is 0 Å². The number of thioether (sulfide) groups is 1. The molecule has 0 aliphatic heterocycles. The Morgan fingerprint density at radius 3 is 2.29 bits per heavy atom. The lowest BCUT2D eigenvalue weighted by Gasteiger charge is -2.20. The highest BCUT2D eigenvalue weighted by atomic mass is 35.5. The van der Waals surface area contributed by atoms with Crippen molar-refractivity contribution >= 4 is 46.6 Å². The molecule has 0 aliphatic rings. The van der Waals surface area contributed by atoms with E-state index in [1.54, 1.807) is 41.6 Å². The van der Waals surface area contributed by atoms with Crippen molar-refractivity contribution in [2.45, 2.75) is 51.7 Å². The van der Waals surface area contributed by atoms with Gasteiger partial charge in [-0.2, -0.15) is 5.10 Å². The van der Waals surface area contributed by atoms with Crippen molar-refractivity contribution in [1.82, 2.24) is 9.78 Å². The van der Waals surface area contributed by atoms with E-state index in [9.17, 15) is 9.59 Å². The number of carbonyl (C=O) groups is 2. The fourth-order valence-corrected chi connectivity index (χ4v) is 5.01. The average molecular weight is 499 g/mol. The van der Waals surface area contributed by atoms with E-state index in [2.05, 4.69) is 27.9 Å². The molecule has 2 unspecified atom stereocenters. The highest BCUT2D eigenvalue weighted by molar-refractivity contribution is 7.99. The zero-order valence-corrected chi connectivity index (χ0v) is 21.7. The lowest BCUT2D eigenvalue weighted by molar-refractivity contribution is -0.119. The van der Waals surface area contributed by atoms with Gasteiger partial charge >= 0.3 is 0 Å². The molecule has 2 atom stereocenters. The summed E-state index contributed by atoms with van der Waals surface area (Å²) < 4.78 is 1.69. The summed E-state index contributed by atoms with van der Waals surface area (Å²) in [6, 6.07) is 16.6. The van der Waals surface area contributed by atoms with Gasteiger partial charge in [0.25, 0.3) is 0 Å². The van der Waals surface area contributed by atoms with E-state index >= 15 is 0 Å². The Kier molecular flexibility index (Phi) is 8.80. The number of hydrogen-bond donors (Lipinski definition) is 2. The van der Waals surface area contributed by atoms with Crippen LogP contribution in [-0.4, -0.2) is 26.8 Å². The maximum atomic E-state index is 13.0. The molecule has 0 fully saturated rings. The molecule has 8 heteroatoms. The second-order valence-corrected chi connectivity index (χ2v) is 10.2. The minimum Gasteiger partial charge on any atom is -0.325 e. The van der Waals surface area contributed by atoms with Gasteiger partial charge in [-0.15, -0.1) is 11.8 Å². The molecule has 0 bridgehead atoms. The fourth-order valence-electron chi connectivity index (χ4n) is 3.63. The van der Waals surface area contributed by atoms with E-state index in [1.807, 2.05) is 52.0 Å². The molecule has 1 aromatic heterocycles. The quantitative estimate of drug-likeness (QED) is 0.365. The standard InChI is InChI=1S/C26H31ClN4O2S/c1-16(2)24(34-15-20-9-7-6-8-10-20)26(33)28-21-11-12-23(22(27)14-21)29-25(32)19(5)31-18(4)13-17(3)30-31/h6-14,16,19,24H,15H2,1-5H3,(H,28,33)(H,29,32). The first kappa shape index (κ1) is 25.8. The molecular formula is C26H31ClN4O2S. The van der Waals surface area contributed by atoms with Crippen molar-refractivity contribution in [1.29, 1.82) is 0 Å². The molecule has 2 aromatic carbocycles. The molecule has 1 heterocycles. The van der Waals surface area contributed by atoms with E-state index in [-0.39, 0.29) is 23.0 Å². The minimum absolute atomic E-state index is 0.0677. The Morgan fingerprint density at radius 2 is 1.71 bits per heavy atom. The number of hydrogen-bond acceptors (Lipinski definition) is 4. The van der Waals surface area contributed by atoms with Crippen LogP contribution in [0.15, 0.2) is 54.6 Å². The SMILES string of the molecule is Cc1cc(C)n(C(C)C(=O)Nc2ccc(NC(=O)C(SCc3ccccc3)C(C)C)cc2Cl)n1. The second kappa shape index (κ2) is 11.6. The Morgan fingerprint density at radius 1 is 1.00 bits per heavy atom. The number of nitrogens with one attached hydrogen (secondary N) is 2. The van der Waals surface area contributed by atoms with Crippen molar-refractivity contribution in [2.24, 2.45) is 5.92 Å². The summed E-state index contributed by atoms with van der Waals surface area (Å²) in [5, 5.41) is 10.3. The zero-order chi connectivity index (χ0) is 24.8. The molecule has 34 heavy (non-hydrogen) atoms. The number of anilines is 2. The third kappa shape index (κ3) is 6.64. The van der Waals surface area contributed by atoms with Gasteiger partial charge < -0.3 is 10.6 Å². The number of halogens is 1. The van der Waals surface area contributed by atoms with Crippen molar-refractivity contribution < 1.29 is 9.59 Å². The van der Waals surface area contributed by atoms with Crippen molar-refractivity contribution in [3.05, 3.63) is 76.6 Å². The number of amides is 2. The molecule has 6 nitrogen and oxygen atoms in total. The topological polar surface area (TPSA) is 76.0 Å². The lowest BCUT2D eigenvalue weighted by atomic mass is 10.1. The zero-order valence-electron chi connectivity index (χ0n) is 20.1. The molecular weight excluding hydrogens is 468 g/mol. The first-order chi connectivity index (χ1) is 16.2. The molecule has 0 saturated carbocycles. The van der Waals surface area contributed by atoms with Crippen LogP contribution >= 0.6 is 23.4 Å². The smallest absolute Gasteiger partial charge is 0.248 e. The highest BCUT2D eigenvalue weighted by Gasteiger charge is 2.23. The molecule has 2 N–H and O–H groups in total. The van der Waals surface area contributed by atoms with E-state index in [1.165, 1.54) is 5.56 Å². The summed E-state index contributed by atoms with van der Waals surface area (Å²) in [7, 11) is 0. The van der Waals surface area contributed by atoms with Gasteiger partial charge in [0.15, 0.2) is 0 Å². The molecule has 3 aromatic rings. The lowest BCUT2D eigenvalue weighted by Crippen LogP contribution is -2.29. The first-order valence-electron chi connectivity index (χ1n) is 11.2. The maximum absolute atomic E-state index is 13.0. The van der Waals surface area contributed by atoms with Gasteiger partial charge in [-0.05, 0) is 56.5 Å². The van der Waals surface area contributed by atoms with Crippen LogP contribution in [0.25, 0.3) is 0 Å². The summed E-state index contributed by atoms with van der Waals surface area (Å²) in [6.07, 6.45) is 0. The van der Waals surface area contributed by atoms with Crippen molar-refractivity contribution in [2.75, 3.05) is 10.6 Å². The number of aromatic nitrogens is 2. The number of nitrogens with zero attached hydrogens (tertiary/aromatic N) is 2. The summed E-state index contributed by atoms with van der Waals surface area (Å²) in [4.78, 5) is 25.7. The predicted molar refractivity (Wildman–Crippen MR) is 141 cm³/mol. The third-order valence-corrected chi connectivity index (χ3v) is 7.35. The normalized spacial score (nSPS) is 12.9. The van der Waals surface area contributed by atoms with Crippen LogP contribution in [0.3, 0.4) is 0 Å². The average Bonchev–Trinajstić information content (AvgIpc) is 3.13. The second-order valence-electron chi connectivity index (χ2n) is 8.68. The van der Waals surface area contributed by atoms with E-state index in [0.717, 1.165) is 17.1 Å². The Bertz CT molecular complexity index is 1150. The Hall–Kier alpha value is -2.77. The van der Waals surface area contributed by atoms with Gasteiger partial charge in [-0.3, -0.25) is 14.3 Å². The molecule has 0 saturated heterocycles. The molecule has 3 rings (SSSR count). The minimum atomic E-state index is -0.488. The van der Waals surface area contributed by atoms with E-state index in [0.29, 0.717) is 16.4 Å². The number of rotatable bonds is 9. The summed E-state index contributed by atoms with van der Waals surface area (Å²) in [5.41, 5.74) is 4.03. The first-order valence-corrected chi connectivity index (χ1v) is 12.7. The monoisotopic (exact) mass is 498 g/mol. The highest BCUT2D eigenvalue weighted by Crippen LogP contribution is 2.29. The van der Waals surface area contributed by atoms with E-state index < -0.39 is 6.04 Å². The summed E-state index contributed by atoms with van der Waals surface area (Å²) in [6.45, 7) is 9.67. The summed E-state index contributed by atoms with van der Waals surface area (Å²) >= 11 is 8.05. The van der Waals surface area contributed by atoms with Crippen LogP contribution in [0.1, 0.15) is 43.8 Å². The molecule has 180 valence electrons. The Balaban J connectivity index is 1.63. The summed E-state index contributed by atoms with van der Waals surface area (Å²) in [5.74, 6) is 0.638. The van der Waals surface area contributed by atoms with Gasteiger partial charge in [0.1, 0.15) is 6.04 Å². The largest absolute Gasteiger partial charge is 0.325 e. The van der Waals surface area contributed by atoms with Crippen LogP contribution in [0.5, 0.6) is 0 Å². The number of aryl methyl sites for hydroxylation is 2. The number of carbonyl (C=O) groups excluding carboxylic acids is 2. The van der Waals surface area contributed by atoms with Crippen molar-refractivity contribution in [3.63, 3.8) is 0 Å². The Labute approximate surface area is 210 Å². The predicted octanol–water partition coefficient (Wildman–Crippen LogP) is 6.25. The molecule has 0 aliphatic carbocycles. The van der Waals surface area contributed by atoms with Crippen molar-refractivity contribution in [3.8, 4) is 0 Å². The third-order valence-electron chi connectivity index (χ3n) is 5.42. The number of benzene rings is 2. The van der Waals surface area contributed by atoms with Gasteiger partial charge in [0, 0.05) is 17.1 Å². The van der Waals surface area contributed by atoms with Crippen LogP contribution in [0.2, 0.25) is 5.02 Å². The van der Waals surface area contributed by atoms with Crippen LogP contribution < -0.4 is 10.6 Å². The van der Waals surface area contributed by atoms with Gasteiger partial charge in [-0.1, -0.05) is 55.8 Å².